The van der Waals surface area contributed by atoms with Crippen LogP contribution in [0.5, 0.6) is 11.5 Å². The maximum Gasteiger partial charge on any atom is 0.255 e. The van der Waals surface area contributed by atoms with Gasteiger partial charge < -0.3 is 4.74 Å². The summed E-state index contributed by atoms with van der Waals surface area (Å²) >= 11 is 0. The molecule has 0 N–H and O–H groups in total. The normalized spacial score (nSPS) is 17.2. The van der Waals surface area contributed by atoms with Gasteiger partial charge >= 0.3 is 0 Å². The van der Waals surface area contributed by atoms with E-state index in [4.69, 9.17) is 4.74 Å². The fourth-order valence-corrected chi connectivity index (χ4v) is 3.33. The van der Waals surface area contributed by atoms with Crippen molar-refractivity contribution in [3.05, 3.63) is 53.3 Å². The summed E-state index contributed by atoms with van der Waals surface area (Å²) in [6.45, 7) is 5.21. The lowest BCUT2D eigenvalue weighted by Crippen LogP contribution is -2.12. The molecule has 0 bridgehead atoms. The van der Waals surface area contributed by atoms with Gasteiger partial charge in [0.2, 0.25) is 0 Å². The minimum Gasteiger partial charge on any atom is -0.456 e. The van der Waals surface area contributed by atoms with Crippen LogP contribution >= 0.6 is 0 Å². The summed E-state index contributed by atoms with van der Waals surface area (Å²) in [5, 5.41) is -0.490. The van der Waals surface area contributed by atoms with Gasteiger partial charge in [-0.15, -0.1) is 0 Å². The summed E-state index contributed by atoms with van der Waals surface area (Å²) in [5.41, 5.74) is 3.34. The van der Waals surface area contributed by atoms with E-state index in [0.717, 1.165) is 24.3 Å². The van der Waals surface area contributed by atoms with Crippen molar-refractivity contribution in [3.63, 3.8) is 0 Å². The number of aryl methyl sites for hydroxylation is 1. The Balaban J connectivity index is 1.70. The summed E-state index contributed by atoms with van der Waals surface area (Å²) in [6.07, 6.45) is 4.86. The molecule has 0 aliphatic heterocycles. The van der Waals surface area contributed by atoms with Crippen molar-refractivity contribution in [2.75, 3.05) is 0 Å². The molecular weight excluding hydrogens is 336 g/mol. The predicted molar refractivity (Wildman–Crippen MR) is 98.9 cm³/mol. The van der Waals surface area contributed by atoms with Crippen LogP contribution in [-0.2, 0) is 22.9 Å². The number of fused-ring (bicyclic) bond motifs is 1. The van der Waals surface area contributed by atoms with Crippen molar-refractivity contribution >= 4 is 16.2 Å². The van der Waals surface area contributed by atoms with Crippen molar-refractivity contribution in [2.45, 2.75) is 38.9 Å². The molecule has 1 heterocycles. The van der Waals surface area contributed by atoms with Gasteiger partial charge in [-0.3, -0.25) is 4.98 Å². The molecule has 1 atom stereocenters. The topological polar surface area (TPSA) is 68.6 Å². The molecule has 5 nitrogen and oxygen atoms in total. The number of hydrogen-bond donors (Lipinski definition) is 0. The average molecular weight is 358 g/mol. The fourth-order valence-electron chi connectivity index (χ4n) is 2.74. The van der Waals surface area contributed by atoms with E-state index < -0.39 is 15.3 Å². The van der Waals surface area contributed by atoms with Gasteiger partial charge in [0.15, 0.2) is 0 Å². The van der Waals surface area contributed by atoms with Gasteiger partial charge in [-0.05, 0) is 69.0 Å². The number of aromatic nitrogens is 1. The summed E-state index contributed by atoms with van der Waals surface area (Å²) < 4.78 is 33.3. The van der Waals surface area contributed by atoms with Crippen LogP contribution < -0.4 is 4.74 Å². The molecular formula is C19H22N2O3S. The standard InChI is InChI=1S/C19H22N2O3S/c1-13(2)25(22,23)21-11-15-8-16-5-7-18(10-17(16)9-15)24-19-6-4-14(3)20-12-19/h4-7,10-13,15H,8-9H2,1-3H3/t15-/m0/s1. The molecule has 0 spiro atoms. The van der Waals surface area contributed by atoms with Crippen molar-refractivity contribution in [2.24, 2.45) is 10.3 Å². The van der Waals surface area contributed by atoms with E-state index in [1.165, 1.54) is 11.1 Å². The van der Waals surface area contributed by atoms with Crippen molar-refractivity contribution in [1.29, 1.82) is 0 Å². The Morgan fingerprint density at radius 2 is 1.88 bits per heavy atom. The number of ether oxygens (including phenoxy) is 1. The Bertz CT molecular complexity index is 887. The smallest absolute Gasteiger partial charge is 0.255 e. The van der Waals surface area contributed by atoms with E-state index in [1.54, 1.807) is 26.3 Å². The largest absolute Gasteiger partial charge is 0.456 e. The lowest BCUT2D eigenvalue weighted by molar-refractivity contribution is 0.479. The third-order valence-electron chi connectivity index (χ3n) is 4.28. The third-order valence-corrected chi connectivity index (χ3v) is 5.88. The Hall–Kier alpha value is -2.21. The zero-order valence-electron chi connectivity index (χ0n) is 14.6. The number of hydrogen-bond acceptors (Lipinski definition) is 4. The van der Waals surface area contributed by atoms with Gasteiger partial charge in [0.05, 0.1) is 11.4 Å². The van der Waals surface area contributed by atoms with E-state index in [2.05, 4.69) is 9.38 Å². The number of benzene rings is 1. The summed E-state index contributed by atoms with van der Waals surface area (Å²) in [5.74, 6) is 1.57. The zero-order chi connectivity index (χ0) is 18.0. The first-order chi connectivity index (χ1) is 11.8. The second-order valence-electron chi connectivity index (χ2n) is 6.65. The van der Waals surface area contributed by atoms with Crippen molar-refractivity contribution in [1.82, 2.24) is 4.98 Å². The Morgan fingerprint density at radius 1 is 1.16 bits per heavy atom. The molecule has 6 heteroatoms. The van der Waals surface area contributed by atoms with Gasteiger partial charge in [0.1, 0.15) is 11.5 Å². The van der Waals surface area contributed by atoms with Crippen LogP contribution in [0.3, 0.4) is 0 Å². The summed E-state index contributed by atoms with van der Waals surface area (Å²) in [4.78, 5) is 4.22. The van der Waals surface area contributed by atoms with Crippen LogP contribution in [0.25, 0.3) is 0 Å². The fraction of sp³-hybridized carbons (Fsp3) is 0.368. The third kappa shape index (κ3) is 4.25. The molecule has 0 fully saturated rings. The van der Waals surface area contributed by atoms with E-state index in [1.807, 2.05) is 37.3 Å². The Morgan fingerprint density at radius 3 is 2.56 bits per heavy atom. The molecule has 0 amide bonds. The first-order valence-corrected chi connectivity index (χ1v) is 9.85. The van der Waals surface area contributed by atoms with E-state index >= 15 is 0 Å². The molecule has 0 unspecified atom stereocenters. The molecule has 25 heavy (non-hydrogen) atoms. The predicted octanol–water partition coefficient (Wildman–Crippen LogP) is 3.71. The molecule has 0 saturated heterocycles. The van der Waals surface area contributed by atoms with Gasteiger partial charge in [0.25, 0.3) is 10.0 Å². The molecule has 1 aliphatic rings. The van der Waals surface area contributed by atoms with E-state index in [9.17, 15) is 8.42 Å². The second-order valence-corrected chi connectivity index (χ2v) is 8.84. The van der Waals surface area contributed by atoms with Crippen molar-refractivity contribution < 1.29 is 13.2 Å². The van der Waals surface area contributed by atoms with Crippen LogP contribution in [0.1, 0.15) is 30.7 Å². The minimum atomic E-state index is -3.39. The molecule has 1 aromatic heterocycles. The first-order valence-electron chi connectivity index (χ1n) is 8.35. The van der Waals surface area contributed by atoms with Crippen LogP contribution in [0, 0.1) is 12.8 Å². The maximum absolute atomic E-state index is 11.8. The average Bonchev–Trinajstić information content (AvgIpc) is 2.97. The van der Waals surface area contributed by atoms with Crippen molar-refractivity contribution in [3.8, 4) is 11.5 Å². The molecule has 132 valence electrons. The second kappa shape index (κ2) is 6.96. The van der Waals surface area contributed by atoms with Gasteiger partial charge in [-0.25, -0.2) is 8.42 Å². The SMILES string of the molecule is Cc1ccc(Oc2ccc3c(c2)C[C@@H](C=NS(=O)(=O)C(C)C)C3)cn1. The van der Waals surface area contributed by atoms with E-state index in [0.29, 0.717) is 5.75 Å². The molecule has 2 aromatic rings. The first kappa shape index (κ1) is 17.6. The number of nitrogens with zero attached hydrogens (tertiary/aromatic N) is 2. The highest BCUT2D eigenvalue weighted by Gasteiger charge is 2.22. The Kier molecular flexibility index (Phi) is 4.90. The number of rotatable bonds is 5. The van der Waals surface area contributed by atoms with Gasteiger partial charge in [-0.1, -0.05) is 6.07 Å². The van der Waals surface area contributed by atoms with Crippen LogP contribution in [0.15, 0.2) is 40.9 Å². The molecule has 3 rings (SSSR count). The molecule has 1 aliphatic carbocycles. The van der Waals surface area contributed by atoms with Crippen LogP contribution in [0.4, 0.5) is 0 Å². The minimum absolute atomic E-state index is 0.111. The summed E-state index contributed by atoms with van der Waals surface area (Å²) in [7, 11) is -3.39. The maximum atomic E-state index is 11.8. The molecule has 0 saturated carbocycles. The highest BCUT2D eigenvalue weighted by atomic mass is 32.2. The quantitative estimate of drug-likeness (QED) is 0.764. The van der Waals surface area contributed by atoms with Gasteiger partial charge in [0, 0.05) is 17.8 Å². The monoisotopic (exact) mass is 358 g/mol. The molecule has 1 aromatic carbocycles. The van der Waals surface area contributed by atoms with Gasteiger partial charge in [-0.2, -0.15) is 4.40 Å². The number of pyridine rings is 1. The Labute approximate surface area is 148 Å². The number of sulfonamides is 1. The lowest BCUT2D eigenvalue weighted by Gasteiger charge is -2.07. The highest BCUT2D eigenvalue weighted by molar-refractivity contribution is 7.90. The van der Waals surface area contributed by atoms with E-state index in [-0.39, 0.29) is 5.92 Å². The zero-order valence-corrected chi connectivity index (χ0v) is 15.5. The van der Waals surface area contributed by atoms with Crippen LogP contribution in [0.2, 0.25) is 0 Å². The highest BCUT2D eigenvalue weighted by Crippen LogP contribution is 2.31. The lowest BCUT2D eigenvalue weighted by atomic mass is 10.1. The molecule has 0 radical (unpaired) electrons. The summed E-state index contributed by atoms with van der Waals surface area (Å²) in [6, 6.07) is 9.78. The van der Waals surface area contributed by atoms with Crippen LogP contribution in [-0.4, -0.2) is 24.9 Å².